The molecule has 1 heterocycles. The van der Waals surface area contributed by atoms with Gasteiger partial charge in [0.2, 0.25) is 0 Å². The van der Waals surface area contributed by atoms with E-state index in [1.54, 1.807) is 0 Å². The van der Waals surface area contributed by atoms with Gasteiger partial charge in [0.1, 0.15) is 0 Å². The van der Waals surface area contributed by atoms with E-state index in [2.05, 4.69) is 4.90 Å². The number of likely N-dealkylation sites (tertiary alicyclic amines) is 1. The van der Waals surface area contributed by atoms with E-state index < -0.39 is 0 Å². The minimum atomic E-state index is -0.0892. The average molecular weight is 158 g/mol. The van der Waals surface area contributed by atoms with E-state index in [9.17, 15) is 0 Å². The zero-order valence-corrected chi connectivity index (χ0v) is 7.38. The van der Waals surface area contributed by atoms with Crippen molar-refractivity contribution in [2.75, 3.05) is 19.7 Å². The lowest BCUT2D eigenvalue weighted by atomic mass is 10.1. The highest BCUT2D eigenvalue weighted by Crippen LogP contribution is 2.19. The highest BCUT2D eigenvalue weighted by Gasteiger charge is 2.31. The first-order chi connectivity index (χ1) is 5.06. The number of nitrogens with two attached hydrogens (primary N) is 1. The molecule has 11 heavy (non-hydrogen) atoms. The maximum atomic E-state index is 9.06. The first-order valence-electron chi connectivity index (χ1n) is 4.18. The van der Waals surface area contributed by atoms with Crippen molar-refractivity contribution in [3.05, 3.63) is 0 Å². The number of aliphatic hydroxyl groups is 1. The third-order valence-corrected chi connectivity index (χ3v) is 2.47. The van der Waals surface area contributed by atoms with Crippen LogP contribution in [0.25, 0.3) is 0 Å². The summed E-state index contributed by atoms with van der Waals surface area (Å²) in [5.74, 6) is 0. The van der Waals surface area contributed by atoms with E-state index in [1.165, 1.54) is 0 Å². The molecule has 0 aromatic heterocycles. The summed E-state index contributed by atoms with van der Waals surface area (Å²) in [7, 11) is 0. The molecule has 0 bridgehead atoms. The van der Waals surface area contributed by atoms with Crippen LogP contribution in [0.4, 0.5) is 0 Å². The second-order valence-electron chi connectivity index (χ2n) is 3.97. The van der Waals surface area contributed by atoms with Gasteiger partial charge in [0.25, 0.3) is 0 Å². The van der Waals surface area contributed by atoms with Crippen LogP contribution in [0.2, 0.25) is 0 Å². The summed E-state index contributed by atoms with van der Waals surface area (Å²) in [6.45, 7) is 6.25. The molecule has 0 radical (unpaired) electrons. The Morgan fingerprint density at radius 2 is 2.27 bits per heavy atom. The Kier molecular flexibility index (Phi) is 2.52. The van der Waals surface area contributed by atoms with Crippen molar-refractivity contribution < 1.29 is 5.11 Å². The van der Waals surface area contributed by atoms with Crippen molar-refractivity contribution in [1.29, 1.82) is 0 Å². The van der Waals surface area contributed by atoms with Crippen LogP contribution in [0.15, 0.2) is 0 Å². The average Bonchev–Trinajstić information content (AvgIpc) is 2.36. The van der Waals surface area contributed by atoms with Gasteiger partial charge in [-0.3, -0.25) is 4.90 Å². The maximum absolute atomic E-state index is 9.06. The summed E-state index contributed by atoms with van der Waals surface area (Å²) in [5, 5.41) is 9.06. The normalized spacial score (nSPS) is 27.8. The van der Waals surface area contributed by atoms with Crippen molar-refractivity contribution in [2.24, 2.45) is 5.73 Å². The second-order valence-corrected chi connectivity index (χ2v) is 3.97. The van der Waals surface area contributed by atoms with E-state index in [0.717, 1.165) is 19.5 Å². The number of hydrogen-bond acceptors (Lipinski definition) is 3. The molecule has 3 N–H and O–H groups in total. The zero-order valence-electron chi connectivity index (χ0n) is 7.38. The molecular weight excluding hydrogens is 140 g/mol. The monoisotopic (exact) mass is 158 g/mol. The molecule has 3 heteroatoms. The standard InChI is InChI=1S/C8H18N2O/c1-8(2,6-11)10-4-3-7(9)5-10/h7,11H,3-6,9H2,1-2H3. The molecule has 0 saturated carbocycles. The van der Waals surface area contributed by atoms with Crippen molar-refractivity contribution >= 4 is 0 Å². The minimum absolute atomic E-state index is 0.0892. The molecule has 1 saturated heterocycles. The Morgan fingerprint density at radius 1 is 1.64 bits per heavy atom. The molecule has 66 valence electrons. The van der Waals surface area contributed by atoms with Crippen LogP contribution < -0.4 is 5.73 Å². The van der Waals surface area contributed by atoms with E-state index in [4.69, 9.17) is 10.8 Å². The smallest absolute Gasteiger partial charge is 0.0610 e. The summed E-state index contributed by atoms with van der Waals surface area (Å²) in [5.41, 5.74) is 5.66. The maximum Gasteiger partial charge on any atom is 0.0610 e. The lowest BCUT2D eigenvalue weighted by molar-refractivity contribution is 0.0766. The van der Waals surface area contributed by atoms with Gasteiger partial charge < -0.3 is 10.8 Å². The predicted molar refractivity (Wildman–Crippen MR) is 45.3 cm³/mol. The zero-order chi connectivity index (χ0) is 8.48. The Bertz CT molecular complexity index is 136. The van der Waals surface area contributed by atoms with Crippen molar-refractivity contribution in [3.8, 4) is 0 Å². The molecule has 0 aromatic carbocycles. The molecule has 1 rings (SSSR count). The van der Waals surface area contributed by atoms with Gasteiger partial charge in [-0.1, -0.05) is 0 Å². The van der Waals surface area contributed by atoms with Gasteiger partial charge in [0.15, 0.2) is 0 Å². The van der Waals surface area contributed by atoms with Crippen LogP contribution in [0, 0.1) is 0 Å². The van der Waals surface area contributed by atoms with E-state index in [-0.39, 0.29) is 12.1 Å². The van der Waals surface area contributed by atoms with Gasteiger partial charge in [0, 0.05) is 24.7 Å². The third-order valence-electron chi connectivity index (χ3n) is 2.47. The lowest BCUT2D eigenvalue weighted by Crippen LogP contribution is -2.46. The van der Waals surface area contributed by atoms with Crippen LogP contribution >= 0.6 is 0 Å². The van der Waals surface area contributed by atoms with Gasteiger partial charge in [-0.2, -0.15) is 0 Å². The molecule has 3 nitrogen and oxygen atoms in total. The fourth-order valence-electron chi connectivity index (χ4n) is 1.44. The molecule has 1 unspecified atom stereocenters. The fourth-order valence-corrected chi connectivity index (χ4v) is 1.44. The molecule has 0 aromatic rings. The Labute approximate surface area is 68.2 Å². The minimum Gasteiger partial charge on any atom is -0.394 e. The van der Waals surface area contributed by atoms with Gasteiger partial charge in [-0.15, -0.1) is 0 Å². The van der Waals surface area contributed by atoms with Gasteiger partial charge >= 0.3 is 0 Å². The number of nitrogens with zero attached hydrogens (tertiary/aromatic N) is 1. The number of aliphatic hydroxyl groups excluding tert-OH is 1. The molecule has 1 aliphatic rings. The van der Waals surface area contributed by atoms with Crippen LogP contribution in [0.3, 0.4) is 0 Å². The highest BCUT2D eigenvalue weighted by molar-refractivity contribution is 4.88. The summed E-state index contributed by atoms with van der Waals surface area (Å²) in [6, 6.07) is 0.306. The van der Waals surface area contributed by atoms with Gasteiger partial charge in [0.05, 0.1) is 6.61 Å². The second kappa shape index (κ2) is 3.09. The summed E-state index contributed by atoms with van der Waals surface area (Å²) < 4.78 is 0. The fraction of sp³-hybridized carbons (Fsp3) is 1.00. The molecule has 1 fully saturated rings. The largest absolute Gasteiger partial charge is 0.394 e. The summed E-state index contributed by atoms with van der Waals surface area (Å²) >= 11 is 0. The Hall–Kier alpha value is -0.120. The molecule has 0 aliphatic carbocycles. The molecule has 1 aliphatic heterocycles. The lowest BCUT2D eigenvalue weighted by Gasteiger charge is -2.33. The number of hydrogen-bond donors (Lipinski definition) is 2. The van der Waals surface area contributed by atoms with E-state index in [0.29, 0.717) is 6.04 Å². The van der Waals surface area contributed by atoms with Crippen LogP contribution in [-0.4, -0.2) is 41.3 Å². The van der Waals surface area contributed by atoms with Crippen LogP contribution in [0.1, 0.15) is 20.3 Å². The van der Waals surface area contributed by atoms with Gasteiger partial charge in [-0.05, 0) is 20.3 Å². The summed E-state index contributed by atoms with van der Waals surface area (Å²) in [6.07, 6.45) is 1.06. The van der Waals surface area contributed by atoms with Crippen LogP contribution in [-0.2, 0) is 0 Å². The summed E-state index contributed by atoms with van der Waals surface area (Å²) in [4.78, 5) is 2.25. The molecule has 1 atom stereocenters. The first-order valence-corrected chi connectivity index (χ1v) is 4.18. The van der Waals surface area contributed by atoms with Crippen molar-refractivity contribution in [1.82, 2.24) is 4.90 Å². The van der Waals surface area contributed by atoms with Crippen LogP contribution in [0.5, 0.6) is 0 Å². The molecule has 0 spiro atoms. The predicted octanol–water partition coefficient (Wildman–Crippen LogP) is -0.210. The van der Waals surface area contributed by atoms with E-state index >= 15 is 0 Å². The first kappa shape index (κ1) is 8.97. The topological polar surface area (TPSA) is 49.5 Å². The number of rotatable bonds is 2. The van der Waals surface area contributed by atoms with Gasteiger partial charge in [-0.25, -0.2) is 0 Å². The van der Waals surface area contributed by atoms with Crippen molar-refractivity contribution in [3.63, 3.8) is 0 Å². The molecular formula is C8H18N2O. The highest BCUT2D eigenvalue weighted by atomic mass is 16.3. The third kappa shape index (κ3) is 1.92. The SMILES string of the molecule is CC(C)(CO)N1CCC(N)C1. The van der Waals surface area contributed by atoms with Crippen molar-refractivity contribution in [2.45, 2.75) is 31.8 Å². The Morgan fingerprint density at radius 3 is 2.64 bits per heavy atom. The van der Waals surface area contributed by atoms with E-state index in [1.807, 2.05) is 13.8 Å². The Balaban J connectivity index is 2.48. The quantitative estimate of drug-likeness (QED) is 0.584. The molecule has 0 amide bonds.